The van der Waals surface area contributed by atoms with Gasteiger partial charge in [-0.3, -0.25) is 0 Å². The molecule has 0 N–H and O–H groups in total. The molecule has 1 aliphatic heterocycles. The van der Waals surface area contributed by atoms with Gasteiger partial charge in [0.1, 0.15) is 0 Å². The smallest absolute Gasteiger partial charge is 0.0732 e. The van der Waals surface area contributed by atoms with Gasteiger partial charge >= 0.3 is 0 Å². The van der Waals surface area contributed by atoms with Crippen LogP contribution in [0.1, 0.15) is 72.9 Å². The van der Waals surface area contributed by atoms with Gasteiger partial charge in [-0.1, -0.05) is 165 Å². The molecule has 1 nitrogen and oxygen atoms in total. The van der Waals surface area contributed by atoms with Crippen LogP contribution in [0.4, 0.5) is 0 Å². The predicted molar refractivity (Wildman–Crippen MR) is 211 cm³/mol. The Morgan fingerprint density at radius 2 is 1.12 bits per heavy atom. The summed E-state index contributed by atoms with van der Waals surface area (Å²) in [6.45, 7) is 7.11. The standard InChI is InChI=1S/C49H44O/c1-48(2)32-45(49(3,43-26-24-35-14-6-10-18-39(35)30-43)44-27-25-36-15-7-11-19-40(36)31-44)47(50-48)46(41-22-20-33-12-4-8-16-37(33)28-41)42-23-21-34-13-5-9-17-38(34)29-42/h4-6,8-14,16-31,45-47H,7,15,32H2,1-3H3/t45-,47?,49?/m1/s1. The van der Waals surface area contributed by atoms with Crippen molar-refractivity contribution in [3.05, 3.63) is 185 Å². The summed E-state index contributed by atoms with van der Waals surface area (Å²) in [5.41, 5.74) is 7.51. The fourth-order valence-electron chi connectivity index (χ4n) is 9.21. The SMILES string of the molecule is CC1(C)C[C@@H](C(C)(c2ccc3c(c2)C=CCC3)c2ccc3ccccc3c2)C(C(c2ccc3ccccc3c2)c2ccc3ccccc3c2)O1. The molecule has 246 valence electrons. The lowest BCUT2D eigenvalue weighted by Gasteiger charge is -2.42. The molecule has 0 aromatic heterocycles. The van der Waals surface area contributed by atoms with E-state index in [0.29, 0.717) is 0 Å². The topological polar surface area (TPSA) is 9.23 Å². The molecule has 1 heteroatoms. The van der Waals surface area contributed by atoms with Crippen molar-refractivity contribution >= 4 is 38.4 Å². The van der Waals surface area contributed by atoms with Crippen LogP contribution in [0.15, 0.2) is 152 Å². The molecular weight excluding hydrogens is 605 g/mol. The van der Waals surface area contributed by atoms with E-state index in [-0.39, 0.29) is 29.0 Å². The van der Waals surface area contributed by atoms with Gasteiger partial charge in [-0.05, 0) is 98.8 Å². The number of ether oxygens (including phenoxy) is 1. The fraction of sp³-hybridized carbons (Fsp3) is 0.224. The summed E-state index contributed by atoms with van der Waals surface area (Å²) in [5, 5.41) is 7.62. The highest BCUT2D eigenvalue weighted by Crippen LogP contribution is 2.55. The molecule has 2 unspecified atom stereocenters. The maximum Gasteiger partial charge on any atom is 0.0732 e. The summed E-state index contributed by atoms with van der Waals surface area (Å²) in [7, 11) is 0. The minimum absolute atomic E-state index is 0.0355. The van der Waals surface area contributed by atoms with Crippen molar-refractivity contribution < 1.29 is 4.74 Å². The van der Waals surface area contributed by atoms with Crippen molar-refractivity contribution in [3.8, 4) is 0 Å². The first-order valence-corrected chi connectivity index (χ1v) is 18.3. The van der Waals surface area contributed by atoms with Gasteiger partial charge in [-0.25, -0.2) is 0 Å². The zero-order chi connectivity index (χ0) is 33.9. The molecule has 1 heterocycles. The highest BCUT2D eigenvalue weighted by atomic mass is 16.5. The Kier molecular flexibility index (Phi) is 7.52. The summed E-state index contributed by atoms with van der Waals surface area (Å²) in [4.78, 5) is 0. The Bertz CT molecular complexity index is 2330. The first-order chi connectivity index (χ1) is 24.4. The van der Waals surface area contributed by atoms with Gasteiger partial charge in [-0.2, -0.15) is 0 Å². The van der Waals surface area contributed by atoms with Crippen molar-refractivity contribution in [2.24, 2.45) is 5.92 Å². The fourth-order valence-corrected chi connectivity index (χ4v) is 9.21. The zero-order valence-electron chi connectivity index (χ0n) is 29.3. The van der Waals surface area contributed by atoms with E-state index in [1.807, 2.05) is 0 Å². The minimum Gasteiger partial charge on any atom is -0.371 e. The molecule has 3 atom stereocenters. The highest BCUT2D eigenvalue weighted by Gasteiger charge is 2.53. The van der Waals surface area contributed by atoms with Crippen LogP contribution in [-0.2, 0) is 16.6 Å². The summed E-state index contributed by atoms with van der Waals surface area (Å²) in [6.07, 6.45) is 7.76. The van der Waals surface area contributed by atoms with Crippen molar-refractivity contribution in [1.29, 1.82) is 0 Å². The first-order valence-electron chi connectivity index (χ1n) is 18.3. The number of allylic oxidation sites excluding steroid dienone is 1. The van der Waals surface area contributed by atoms with Crippen molar-refractivity contribution in [2.75, 3.05) is 0 Å². The van der Waals surface area contributed by atoms with E-state index >= 15 is 0 Å². The monoisotopic (exact) mass is 648 g/mol. The summed E-state index contributed by atoms with van der Waals surface area (Å²) in [5.74, 6) is 0.223. The number of rotatable bonds is 6. The number of benzene rings is 7. The second-order valence-electron chi connectivity index (χ2n) is 15.5. The van der Waals surface area contributed by atoms with Crippen LogP contribution in [0.2, 0.25) is 0 Å². The number of fused-ring (bicyclic) bond motifs is 4. The third kappa shape index (κ3) is 5.36. The molecule has 0 saturated carbocycles. The van der Waals surface area contributed by atoms with Gasteiger partial charge < -0.3 is 4.74 Å². The second kappa shape index (κ2) is 12.1. The lowest BCUT2D eigenvalue weighted by atomic mass is 9.61. The molecule has 2 aliphatic rings. The summed E-state index contributed by atoms with van der Waals surface area (Å²) in [6, 6.07) is 54.9. The Balaban J connectivity index is 1.28. The van der Waals surface area contributed by atoms with Gasteiger partial charge in [0.05, 0.1) is 11.7 Å². The largest absolute Gasteiger partial charge is 0.371 e. The Labute approximate surface area is 296 Å². The van der Waals surface area contributed by atoms with Crippen LogP contribution in [0.3, 0.4) is 0 Å². The third-order valence-electron chi connectivity index (χ3n) is 11.9. The molecule has 7 aromatic carbocycles. The highest BCUT2D eigenvalue weighted by molar-refractivity contribution is 5.85. The van der Waals surface area contributed by atoms with E-state index in [0.717, 1.165) is 19.3 Å². The molecule has 0 amide bonds. The molecule has 9 rings (SSSR count). The molecule has 1 saturated heterocycles. The molecular formula is C49H44O. The van der Waals surface area contributed by atoms with Crippen LogP contribution in [0, 0.1) is 5.92 Å². The van der Waals surface area contributed by atoms with Crippen LogP contribution in [-0.4, -0.2) is 11.7 Å². The van der Waals surface area contributed by atoms with E-state index in [1.54, 1.807) is 0 Å². The van der Waals surface area contributed by atoms with E-state index in [2.05, 4.69) is 179 Å². The molecule has 50 heavy (non-hydrogen) atoms. The Morgan fingerprint density at radius 3 is 1.74 bits per heavy atom. The van der Waals surface area contributed by atoms with Crippen molar-refractivity contribution in [2.45, 2.75) is 63.1 Å². The van der Waals surface area contributed by atoms with Crippen LogP contribution >= 0.6 is 0 Å². The van der Waals surface area contributed by atoms with Gasteiger partial charge in [0.25, 0.3) is 0 Å². The maximum atomic E-state index is 7.43. The summed E-state index contributed by atoms with van der Waals surface area (Å²) < 4.78 is 7.43. The van der Waals surface area contributed by atoms with Gasteiger partial charge in [0, 0.05) is 17.3 Å². The minimum atomic E-state index is -0.325. The number of aryl methyl sites for hydroxylation is 1. The molecule has 7 aromatic rings. The second-order valence-corrected chi connectivity index (χ2v) is 15.5. The Hall–Kier alpha value is -4.98. The van der Waals surface area contributed by atoms with Gasteiger partial charge in [-0.15, -0.1) is 0 Å². The van der Waals surface area contributed by atoms with E-state index in [4.69, 9.17) is 4.74 Å². The molecule has 0 radical (unpaired) electrons. The van der Waals surface area contributed by atoms with Gasteiger partial charge in [0.2, 0.25) is 0 Å². The summed E-state index contributed by atoms with van der Waals surface area (Å²) >= 11 is 0. The van der Waals surface area contributed by atoms with Crippen LogP contribution in [0.5, 0.6) is 0 Å². The van der Waals surface area contributed by atoms with E-state index in [1.165, 1.54) is 65.7 Å². The lowest BCUT2D eigenvalue weighted by Crippen LogP contribution is -2.41. The molecule has 1 aliphatic carbocycles. The van der Waals surface area contributed by atoms with Crippen molar-refractivity contribution in [1.82, 2.24) is 0 Å². The van der Waals surface area contributed by atoms with E-state index in [9.17, 15) is 0 Å². The normalized spacial score (nSPS) is 19.6. The van der Waals surface area contributed by atoms with Crippen molar-refractivity contribution in [3.63, 3.8) is 0 Å². The Morgan fingerprint density at radius 1 is 0.600 bits per heavy atom. The molecule has 0 bridgehead atoms. The lowest BCUT2D eigenvalue weighted by molar-refractivity contribution is -0.0314. The van der Waals surface area contributed by atoms with Gasteiger partial charge in [0.15, 0.2) is 0 Å². The average molecular weight is 649 g/mol. The number of hydrogen-bond acceptors (Lipinski definition) is 1. The quantitative estimate of drug-likeness (QED) is 0.174. The van der Waals surface area contributed by atoms with Crippen LogP contribution in [0.25, 0.3) is 38.4 Å². The molecule has 0 spiro atoms. The molecule has 1 fully saturated rings. The average Bonchev–Trinajstić information content (AvgIpc) is 3.48. The first kappa shape index (κ1) is 31.0. The van der Waals surface area contributed by atoms with E-state index < -0.39 is 0 Å². The third-order valence-corrected chi connectivity index (χ3v) is 11.9. The van der Waals surface area contributed by atoms with Crippen LogP contribution < -0.4 is 0 Å². The zero-order valence-corrected chi connectivity index (χ0v) is 29.3. The maximum absolute atomic E-state index is 7.43. The number of hydrogen-bond donors (Lipinski definition) is 0. The predicted octanol–water partition coefficient (Wildman–Crippen LogP) is 12.4.